The average molecular weight is 318 g/mol. The van der Waals surface area contributed by atoms with Crippen molar-refractivity contribution in [1.82, 2.24) is 24.6 Å². The molecule has 1 aliphatic heterocycles. The van der Waals surface area contributed by atoms with Gasteiger partial charge >= 0.3 is 0 Å². The van der Waals surface area contributed by atoms with Crippen molar-refractivity contribution in [3.63, 3.8) is 0 Å². The minimum Gasteiger partial charge on any atom is -0.335 e. The number of likely N-dealkylation sites (tertiary alicyclic amines) is 1. The van der Waals surface area contributed by atoms with Gasteiger partial charge in [0.05, 0.1) is 35.0 Å². The Bertz CT molecular complexity index is 957. The second-order valence-corrected chi connectivity index (χ2v) is 5.76. The highest BCUT2D eigenvalue weighted by molar-refractivity contribution is 5.94. The first-order valence-electron chi connectivity index (χ1n) is 7.70. The molecule has 4 rings (SSSR count). The highest BCUT2D eigenvalue weighted by atomic mass is 16.2. The number of amides is 1. The van der Waals surface area contributed by atoms with E-state index in [0.717, 1.165) is 11.9 Å². The van der Waals surface area contributed by atoms with Gasteiger partial charge in [-0.25, -0.2) is 4.98 Å². The van der Waals surface area contributed by atoms with Crippen LogP contribution >= 0.6 is 0 Å². The van der Waals surface area contributed by atoms with Crippen LogP contribution in [-0.4, -0.2) is 43.6 Å². The molecule has 1 unspecified atom stereocenters. The van der Waals surface area contributed by atoms with Gasteiger partial charge in [0, 0.05) is 19.3 Å². The molecule has 1 amide bonds. The normalized spacial score (nSPS) is 17.1. The summed E-state index contributed by atoms with van der Waals surface area (Å²) < 4.78 is 1.76. The molecule has 3 aromatic rings. The van der Waals surface area contributed by atoms with E-state index >= 15 is 0 Å². The van der Waals surface area contributed by atoms with E-state index in [-0.39, 0.29) is 11.9 Å². The largest absolute Gasteiger partial charge is 0.335 e. The van der Waals surface area contributed by atoms with Crippen molar-refractivity contribution in [2.24, 2.45) is 0 Å². The first-order valence-corrected chi connectivity index (χ1v) is 7.70. The van der Waals surface area contributed by atoms with E-state index in [2.05, 4.69) is 21.1 Å². The molecule has 2 aromatic heterocycles. The fraction of sp³-hybridized carbons (Fsp3) is 0.235. The van der Waals surface area contributed by atoms with Crippen molar-refractivity contribution in [3.05, 3.63) is 54.1 Å². The SMILES string of the molecule is N#Cc1cnn(C2CCN(C(=O)c3cnc4ccccc4n3)C2)c1. The molecule has 0 aliphatic carbocycles. The van der Waals surface area contributed by atoms with Crippen molar-refractivity contribution in [2.45, 2.75) is 12.5 Å². The number of fused-ring (bicyclic) bond motifs is 1. The number of carbonyl (C=O) groups is 1. The minimum absolute atomic E-state index is 0.0875. The van der Waals surface area contributed by atoms with Gasteiger partial charge in [-0.3, -0.25) is 14.5 Å². The Kier molecular flexibility index (Phi) is 3.43. The number of para-hydroxylation sites is 2. The van der Waals surface area contributed by atoms with Crippen LogP contribution in [0.5, 0.6) is 0 Å². The van der Waals surface area contributed by atoms with Crippen LogP contribution in [0.1, 0.15) is 28.5 Å². The van der Waals surface area contributed by atoms with Gasteiger partial charge in [-0.1, -0.05) is 12.1 Å². The molecule has 7 nitrogen and oxygen atoms in total. The fourth-order valence-electron chi connectivity index (χ4n) is 2.96. The number of nitrogens with zero attached hydrogens (tertiary/aromatic N) is 6. The Hall–Kier alpha value is -3.27. The van der Waals surface area contributed by atoms with Crippen LogP contribution in [0.25, 0.3) is 11.0 Å². The molecule has 118 valence electrons. The van der Waals surface area contributed by atoms with Crippen molar-refractivity contribution in [2.75, 3.05) is 13.1 Å². The molecule has 0 radical (unpaired) electrons. The van der Waals surface area contributed by atoms with E-state index in [1.807, 2.05) is 24.3 Å². The van der Waals surface area contributed by atoms with Crippen LogP contribution in [-0.2, 0) is 0 Å². The van der Waals surface area contributed by atoms with Gasteiger partial charge in [0.25, 0.3) is 5.91 Å². The highest BCUT2D eigenvalue weighted by Crippen LogP contribution is 2.22. The monoisotopic (exact) mass is 318 g/mol. The van der Waals surface area contributed by atoms with Crippen molar-refractivity contribution in [1.29, 1.82) is 5.26 Å². The van der Waals surface area contributed by atoms with Gasteiger partial charge in [0.15, 0.2) is 0 Å². The fourth-order valence-corrected chi connectivity index (χ4v) is 2.96. The Morgan fingerprint density at radius 1 is 1.25 bits per heavy atom. The molecule has 1 aromatic carbocycles. The summed E-state index contributed by atoms with van der Waals surface area (Å²) in [5, 5.41) is 13.1. The Morgan fingerprint density at radius 2 is 2.08 bits per heavy atom. The Labute approximate surface area is 138 Å². The molecular weight excluding hydrogens is 304 g/mol. The Balaban J connectivity index is 1.53. The first kappa shape index (κ1) is 14.3. The van der Waals surface area contributed by atoms with Crippen LogP contribution in [0, 0.1) is 11.3 Å². The number of rotatable bonds is 2. The van der Waals surface area contributed by atoms with Gasteiger partial charge < -0.3 is 4.90 Å². The zero-order valence-electron chi connectivity index (χ0n) is 12.8. The first-order chi connectivity index (χ1) is 11.7. The molecule has 0 N–H and O–H groups in total. The quantitative estimate of drug-likeness (QED) is 0.719. The van der Waals surface area contributed by atoms with E-state index < -0.39 is 0 Å². The van der Waals surface area contributed by atoms with Crippen molar-refractivity contribution < 1.29 is 4.79 Å². The van der Waals surface area contributed by atoms with E-state index in [4.69, 9.17) is 5.26 Å². The average Bonchev–Trinajstić information content (AvgIpc) is 3.29. The standard InChI is InChI=1S/C17H14N6O/c18-7-12-8-20-23(10-12)13-5-6-22(11-13)17(24)16-9-19-14-3-1-2-4-15(14)21-16/h1-4,8-10,13H,5-6,11H2. The number of nitriles is 1. The van der Waals surface area contributed by atoms with E-state index in [1.54, 1.807) is 22.0 Å². The third-order valence-electron chi connectivity index (χ3n) is 4.22. The van der Waals surface area contributed by atoms with Gasteiger partial charge in [-0.2, -0.15) is 10.4 Å². The number of aromatic nitrogens is 4. The summed E-state index contributed by atoms with van der Waals surface area (Å²) in [7, 11) is 0. The molecule has 3 heterocycles. The summed E-state index contributed by atoms with van der Waals surface area (Å²) >= 11 is 0. The maximum absolute atomic E-state index is 12.7. The van der Waals surface area contributed by atoms with Crippen LogP contribution in [0.4, 0.5) is 0 Å². The zero-order chi connectivity index (χ0) is 16.5. The van der Waals surface area contributed by atoms with Crippen LogP contribution in [0.3, 0.4) is 0 Å². The third-order valence-corrected chi connectivity index (χ3v) is 4.22. The predicted molar refractivity (Wildman–Crippen MR) is 86.0 cm³/mol. The molecule has 1 aliphatic rings. The molecule has 0 spiro atoms. The summed E-state index contributed by atoms with van der Waals surface area (Å²) in [5.41, 5.74) is 2.37. The van der Waals surface area contributed by atoms with Crippen molar-refractivity contribution in [3.8, 4) is 6.07 Å². The summed E-state index contributed by atoms with van der Waals surface area (Å²) in [4.78, 5) is 23.1. The summed E-state index contributed by atoms with van der Waals surface area (Å²) in [6, 6.07) is 9.64. The topological polar surface area (TPSA) is 87.7 Å². The smallest absolute Gasteiger partial charge is 0.274 e. The maximum Gasteiger partial charge on any atom is 0.274 e. The van der Waals surface area contributed by atoms with Crippen LogP contribution < -0.4 is 0 Å². The molecule has 1 atom stereocenters. The minimum atomic E-state index is -0.122. The number of carbonyl (C=O) groups excluding carboxylic acids is 1. The maximum atomic E-state index is 12.7. The molecule has 0 bridgehead atoms. The lowest BCUT2D eigenvalue weighted by Crippen LogP contribution is -2.30. The lowest BCUT2D eigenvalue weighted by molar-refractivity contribution is 0.0781. The highest BCUT2D eigenvalue weighted by Gasteiger charge is 2.29. The molecular formula is C17H14N6O. The molecule has 7 heteroatoms. The summed E-state index contributed by atoms with van der Waals surface area (Å²) in [6.45, 7) is 1.19. The second kappa shape index (κ2) is 5.74. The lowest BCUT2D eigenvalue weighted by atomic mass is 10.3. The van der Waals surface area contributed by atoms with Crippen molar-refractivity contribution >= 4 is 16.9 Å². The van der Waals surface area contributed by atoms with E-state index in [9.17, 15) is 4.79 Å². The zero-order valence-corrected chi connectivity index (χ0v) is 12.8. The third kappa shape index (κ3) is 2.48. The molecule has 0 saturated carbocycles. The molecule has 24 heavy (non-hydrogen) atoms. The summed E-state index contributed by atoms with van der Waals surface area (Å²) in [5.74, 6) is -0.122. The van der Waals surface area contributed by atoms with Crippen LogP contribution in [0.15, 0.2) is 42.9 Å². The number of hydrogen-bond donors (Lipinski definition) is 0. The number of hydrogen-bond acceptors (Lipinski definition) is 5. The molecule has 1 fully saturated rings. The van der Waals surface area contributed by atoms with E-state index in [1.165, 1.54) is 6.20 Å². The lowest BCUT2D eigenvalue weighted by Gasteiger charge is -2.16. The molecule has 1 saturated heterocycles. The second-order valence-electron chi connectivity index (χ2n) is 5.76. The van der Waals surface area contributed by atoms with Gasteiger partial charge in [-0.15, -0.1) is 0 Å². The predicted octanol–water partition coefficient (Wildman–Crippen LogP) is 1.79. The van der Waals surface area contributed by atoms with Crippen LogP contribution in [0.2, 0.25) is 0 Å². The van der Waals surface area contributed by atoms with Gasteiger partial charge in [-0.05, 0) is 18.6 Å². The van der Waals surface area contributed by atoms with Gasteiger partial charge in [0.2, 0.25) is 0 Å². The van der Waals surface area contributed by atoms with Gasteiger partial charge in [0.1, 0.15) is 11.8 Å². The Morgan fingerprint density at radius 3 is 2.88 bits per heavy atom. The summed E-state index contributed by atoms with van der Waals surface area (Å²) in [6.07, 6.45) is 5.59. The number of benzene rings is 1. The van der Waals surface area contributed by atoms with E-state index in [0.29, 0.717) is 29.9 Å².